The summed E-state index contributed by atoms with van der Waals surface area (Å²) in [4.78, 5) is 8.84. The van der Waals surface area contributed by atoms with Crippen LogP contribution in [0.4, 0.5) is 11.5 Å². The standard InChI is InChI=1S/C16H14N6/c1-11-20-15(8-16-17-6-7-22(11)16)21-14-4-2-12(3-5-14)13-9-18-19-10-13/h2-10,21H,1H3,(H,18,19). The summed E-state index contributed by atoms with van der Waals surface area (Å²) in [5.74, 6) is 1.68. The van der Waals surface area contributed by atoms with Crippen molar-refractivity contribution in [3.63, 3.8) is 0 Å². The van der Waals surface area contributed by atoms with E-state index in [9.17, 15) is 0 Å². The van der Waals surface area contributed by atoms with E-state index in [0.29, 0.717) is 0 Å². The molecule has 0 unspecified atom stereocenters. The molecular weight excluding hydrogens is 276 g/mol. The normalized spacial score (nSPS) is 11.0. The lowest BCUT2D eigenvalue weighted by Crippen LogP contribution is -2.00. The molecule has 108 valence electrons. The number of hydrogen-bond donors (Lipinski definition) is 2. The van der Waals surface area contributed by atoms with E-state index in [2.05, 4.69) is 25.5 Å². The van der Waals surface area contributed by atoms with Gasteiger partial charge in [0, 0.05) is 35.9 Å². The third-order valence-corrected chi connectivity index (χ3v) is 3.55. The Hall–Kier alpha value is -3.15. The SMILES string of the molecule is Cc1nc(Nc2ccc(-c3cn[nH]c3)cc2)cc2nccn12. The van der Waals surface area contributed by atoms with Crippen molar-refractivity contribution >= 4 is 17.2 Å². The largest absolute Gasteiger partial charge is 0.340 e. The van der Waals surface area contributed by atoms with E-state index in [1.54, 1.807) is 12.4 Å². The Kier molecular flexibility index (Phi) is 2.86. The molecule has 3 heterocycles. The highest BCUT2D eigenvalue weighted by atomic mass is 15.1. The predicted molar refractivity (Wildman–Crippen MR) is 85.0 cm³/mol. The third-order valence-electron chi connectivity index (χ3n) is 3.55. The summed E-state index contributed by atoms with van der Waals surface area (Å²) < 4.78 is 1.95. The maximum Gasteiger partial charge on any atom is 0.141 e. The van der Waals surface area contributed by atoms with Crippen LogP contribution in [-0.4, -0.2) is 24.6 Å². The van der Waals surface area contributed by atoms with Crippen LogP contribution >= 0.6 is 0 Å². The lowest BCUT2D eigenvalue weighted by molar-refractivity contribution is 0.992. The quantitative estimate of drug-likeness (QED) is 0.608. The van der Waals surface area contributed by atoms with Gasteiger partial charge >= 0.3 is 0 Å². The molecule has 4 aromatic rings. The van der Waals surface area contributed by atoms with Crippen molar-refractivity contribution in [1.82, 2.24) is 24.6 Å². The Bertz CT molecular complexity index is 906. The third kappa shape index (κ3) is 2.20. The lowest BCUT2D eigenvalue weighted by Gasteiger charge is -2.08. The average molecular weight is 290 g/mol. The topological polar surface area (TPSA) is 70.9 Å². The molecule has 0 fully saturated rings. The zero-order chi connectivity index (χ0) is 14.9. The van der Waals surface area contributed by atoms with Crippen molar-refractivity contribution in [2.24, 2.45) is 0 Å². The molecule has 0 aliphatic rings. The van der Waals surface area contributed by atoms with Crippen molar-refractivity contribution in [3.05, 3.63) is 60.9 Å². The van der Waals surface area contributed by atoms with Gasteiger partial charge in [-0.1, -0.05) is 12.1 Å². The molecule has 0 saturated carbocycles. The Morgan fingerprint density at radius 3 is 2.77 bits per heavy atom. The molecule has 6 nitrogen and oxygen atoms in total. The van der Waals surface area contributed by atoms with Gasteiger partial charge in [-0.2, -0.15) is 5.10 Å². The minimum Gasteiger partial charge on any atom is -0.340 e. The minimum absolute atomic E-state index is 0.785. The average Bonchev–Trinajstić information content (AvgIpc) is 3.19. The number of rotatable bonds is 3. The van der Waals surface area contributed by atoms with Crippen LogP contribution in [0.5, 0.6) is 0 Å². The highest BCUT2D eigenvalue weighted by molar-refractivity contribution is 5.67. The van der Waals surface area contributed by atoms with Gasteiger partial charge in [-0.15, -0.1) is 0 Å². The van der Waals surface area contributed by atoms with Crippen LogP contribution in [-0.2, 0) is 0 Å². The highest BCUT2D eigenvalue weighted by Crippen LogP contribution is 2.22. The summed E-state index contributed by atoms with van der Waals surface area (Å²) in [7, 11) is 0. The van der Waals surface area contributed by atoms with Crippen molar-refractivity contribution in [2.75, 3.05) is 5.32 Å². The zero-order valence-corrected chi connectivity index (χ0v) is 12.0. The zero-order valence-electron chi connectivity index (χ0n) is 12.0. The molecule has 0 aliphatic heterocycles. The Balaban J connectivity index is 1.62. The van der Waals surface area contributed by atoms with Gasteiger partial charge in [0.2, 0.25) is 0 Å². The van der Waals surface area contributed by atoms with Crippen molar-refractivity contribution < 1.29 is 0 Å². The number of anilines is 2. The summed E-state index contributed by atoms with van der Waals surface area (Å²) in [6.45, 7) is 1.96. The Morgan fingerprint density at radius 2 is 2.00 bits per heavy atom. The van der Waals surface area contributed by atoms with E-state index in [-0.39, 0.29) is 0 Å². The van der Waals surface area contributed by atoms with Crippen LogP contribution in [0.2, 0.25) is 0 Å². The highest BCUT2D eigenvalue weighted by Gasteiger charge is 2.04. The van der Waals surface area contributed by atoms with Crippen LogP contribution in [0.15, 0.2) is 55.1 Å². The van der Waals surface area contributed by atoms with E-state index < -0.39 is 0 Å². The van der Waals surface area contributed by atoms with Crippen LogP contribution in [0.3, 0.4) is 0 Å². The van der Waals surface area contributed by atoms with Gasteiger partial charge in [0.1, 0.15) is 17.3 Å². The fraction of sp³-hybridized carbons (Fsp3) is 0.0625. The molecule has 6 heteroatoms. The molecular formula is C16H14N6. The van der Waals surface area contributed by atoms with Crippen LogP contribution in [0.25, 0.3) is 16.8 Å². The summed E-state index contributed by atoms with van der Waals surface area (Å²) in [6, 6.07) is 10.1. The number of hydrogen-bond acceptors (Lipinski definition) is 4. The van der Waals surface area contributed by atoms with Gasteiger partial charge in [-0.25, -0.2) is 9.97 Å². The lowest BCUT2D eigenvalue weighted by atomic mass is 10.1. The molecule has 0 radical (unpaired) electrons. The number of aryl methyl sites for hydroxylation is 1. The number of aromatic amines is 1. The molecule has 2 N–H and O–H groups in total. The summed E-state index contributed by atoms with van der Waals surface area (Å²) >= 11 is 0. The first kappa shape index (κ1) is 12.6. The van der Waals surface area contributed by atoms with Gasteiger partial charge in [0.25, 0.3) is 0 Å². The first-order valence-electron chi connectivity index (χ1n) is 6.96. The van der Waals surface area contributed by atoms with E-state index in [1.807, 2.05) is 54.0 Å². The monoisotopic (exact) mass is 290 g/mol. The molecule has 0 spiro atoms. The fourth-order valence-corrected chi connectivity index (χ4v) is 2.44. The molecule has 1 aromatic carbocycles. The molecule has 0 amide bonds. The molecule has 4 rings (SSSR count). The summed E-state index contributed by atoms with van der Waals surface area (Å²) in [5, 5.41) is 10.1. The maximum absolute atomic E-state index is 4.54. The fourth-order valence-electron chi connectivity index (χ4n) is 2.44. The van der Waals surface area contributed by atoms with Crippen LogP contribution in [0, 0.1) is 6.92 Å². The summed E-state index contributed by atoms with van der Waals surface area (Å²) in [5.41, 5.74) is 4.05. The molecule has 0 aliphatic carbocycles. The number of imidazole rings is 1. The van der Waals surface area contributed by atoms with E-state index >= 15 is 0 Å². The number of aromatic nitrogens is 5. The van der Waals surface area contributed by atoms with Crippen LogP contribution < -0.4 is 5.32 Å². The van der Waals surface area contributed by atoms with Gasteiger partial charge in [0.15, 0.2) is 0 Å². The predicted octanol–water partition coefficient (Wildman–Crippen LogP) is 3.17. The van der Waals surface area contributed by atoms with E-state index in [1.165, 1.54) is 0 Å². The number of nitrogens with one attached hydrogen (secondary N) is 2. The molecule has 0 bridgehead atoms. The first-order chi connectivity index (χ1) is 10.8. The van der Waals surface area contributed by atoms with Crippen molar-refractivity contribution in [1.29, 1.82) is 0 Å². The molecule has 0 atom stereocenters. The second kappa shape index (κ2) is 5.00. The van der Waals surface area contributed by atoms with E-state index in [4.69, 9.17) is 0 Å². The van der Waals surface area contributed by atoms with Gasteiger partial charge < -0.3 is 5.32 Å². The smallest absolute Gasteiger partial charge is 0.141 e. The minimum atomic E-state index is 0.785. The number of nitrogens with zero attached hydrogens (tertiary/aromatic N) is 4. The molecule has 3 aromatic heterocycles. The molecule has 22 heavy (non-hydrogen) atoms. The first-order valence-corrected chi connectivity index (χ1v) is 6.96. The second-order valence-corrected chi connectivity index (χ2v) is 5.03. The Labute approximate surface area is 126 Å². The van der Waals surface area contributed by atoms with Crippen LogP contribution in [0.1, 0.15) is 5.82 Å². The van der Waals surface area contributed by atoms with Crippen molar-refractivity contribution in [3.8, 4) is 11.1 Å². The molecule has 0 saturated heterocycles. The number of fused-ring (bicyclic) bond motifs is 1. The summed E-state index contributed by atoms with van der Waals surface area (Å²) in [6.07, 6.45) is 7.35. The Morgan fingerprint density at radius 1 is 1.14 bits per heavy atom. The number of H-pyrrole nitrogens is 1. The maximum atomic E-state index is 4.54. The van der Waals surface area contributed by atoms with Gasteiger partial charge in [0.05, 0.1) is 6.20 Å². The van der Waals surface area contributed by atoms with E-state index in [0.717, 1.165) is 34.1 Å². The van der Waals surface area contributed by atoms with Gasteiger partial charge in [-0.3, -0.25) is 9.50 Å². The number of benzene rings is 1. The second-order valence-electron chi connectivity index (χ2n) is 5.03. The van der Waals surface area contributed by atoms with Crippen molar-refractivity contribution in [2.45, 2.75) is 6.92 Å². The van der Waals surface area contributed by atoms with Gasteiger partial charge in [-0.05, 0) is 24.6 Å².